The molecule has 6 heteroatoms. The monoisotopic (exact) mass is 350 g/mol. The molecule has 2 amide bonds. The zero-order valence-electron chi connectivity index (χ0n) is 14.6. The molecular formula is C20H22N4O2. The van der Waals surface area contributed by atoms with E-state index in [0.29, 0.717) is 18.8 Å². The van der Waals surface area contributed by atoms with Crippen molar-refractivity contribution < 1.29 is 9.59 Å². The van der Waals surface area contributed by atoms with Crippen LogP contribution >= 0.6 is 0 Å². The number of nitrogens with one attached hydrogen (secondary N) is 1. The minimum atomic E-state index is -0.225. The number of likely N-dealkylation sites (tertiary alicyclic amines) is 1. The molecule has 2 aromatic rings. The molecule has 0 spiro atoms. The lowest BCUT2D eigenvalue weighted by Gasteiger charge is -2.20. The number of carbonyl (C=O) groups excluding carboxylic acids is 2. The van der Waals surface area contributed by atoms with Crippen LogP contribution in [0.2, 0.25) is 0 Å². The summed E-state index contributed by atoms with van der Waals surface area (Å²) in [5, 5.41) is 7.69. The van der Waals surface area contributed by atoms with E-state index in [0.717, 1.165) is 25.1 Å². The Morgan fingerprint density at radius 1 is 1.00 bits per heavy atom. The van der Waals surface area contributed by atoms with Crippen LogP contribution in [0.1, 0.15) is 29.8 Å². The van der Waals surface area contributed by atoms with Crippen molar-refractivity contribution in [1.82, 2.24) is 15.1 Å². The Morgan fingerprint density at radius 3 is 2.42 bits per heavy atom. The number of anilines is 1. The molecule has 1 N–H and O–H groups in total. The zero-order valence-corrected chi connectivity index (χ0v) is 14.6. The van der Waals surface area contributed by atoms with Crippen molar-refractivity contribution in [3.05, 3.63) is 47.3 Å². The Hall–Kier alpha value is -2.47. The molecule has 26 heavy (non-hydrogen) atoms. The van der Waals surface area contributed by atoms with Crippen LogP contribution in [0.4, 0.5) is 5.69 Å². The van der Waals surface area contributed by atoms with Crippen LogP contribution in [-0.2, 0) is 29.0 Å². The summed E-state index contributed by atoms with van der Waals surface area (Å²) in [5.74, 6) is -0.564. The number of amides is 2. The van der Waals surface area contributed by atoms with E-state index < -0.39 is 0 Å². The van der Waals surface area contributed by atoms with Crippen LogP contribution in [0.15, 0.2) is 30.3 Å². The standard InChI is InChI=1S/C20H22N4O2/c25-19-15-10-23(12-18-14-8-4-5-9-17(14)21-22-18)11-16(15)20(26)24(19)13-6-2-1-3-7-13/h1-3,6-7,15-16H,4-5,8-12H2,(H,21,22). The van der Waals surface area contributed by atoms with Gasteiger partial charge in [0.25, 0.3) is 0 Å². The van der Waals surface area contributed by atoms with E-state index in [-0.39, 0.29) is 23.7 Å². The lowest BCUT2D eigenvalue weighted by atomic mass is 9.96. The van der Waals surface area contributed by atoms with Crippen molar-refractivity contribution in [2.75, 3.05) is 18.0 Å². The van der Waals surface area contributed by atoms with Crippen LogP contribution in [0.25, 0.3) is 0 Å². The number of hydrogen-bond donors (Lipinski definition) is 1. The largest absolute Gasteiger partial charge is 0.296 e. The summed E-state index contributed by atoms with van der Waals surface area (Å²) >= 11 is 0. The van der Waals surface area contributed by atoms with Crippen LogP contribution in [-0.4, -0.2) is 40.0 Å². The van der Waals surface area contributed by atoms with Gasteiger partial charge in [-0.1, -0.05) is 18.2 Å². The highest BCUT2D eigenvalue weighted by atomic mass is 16.2. The number of nitrogens with zero attached hydrogens (tertiary/aromatic N) is 3. The highest BCUT2D eigenvalue weighted by Crippen LogP contribution is 2.37. The van der Waals surface area contributed by atoms with Gasteiger partial charge in [-0.2, -0.15) is 5.10 Å². The number of benzene rings is 1. The quantitative estimate of drug-likeness (QED) is 0.859. The second kappa shape index (κ2) is 6.06. The summed E-state index contributed by atoms with van der Waals surface area (Å²) in [6.07, 6.45) is 4.60. The highest BCUT2D eigenvalue weighted by Gasteiger charge is 2.52. The Bertz CT molecular complexity index is 836. The average molecular weight is 350 g/mol. The molecule has 2 atom stereocenters. The number of H-pyrrole nitrogens is 1. The van der Waals surface area contributed by atoms with Gasteiger partial charge >= 0.3 is 0 Å². The maximum absolute atomic E-state index is 12.8. The number of aromatic nitrogens is 2. The number of carbonyl (C=O) groups is 2. The smallest absolute Gasteiger partial charge is 0.239 e. The number of imide groups is 1. The summed E-state index contributed by atoms with van der Waals surface area (Å²) in [5.41, 5.74) is 4.41. The van der Waals surface area contributed by atoms with Crippen LogP contribution in [0, 0.1) is 11.8 Å². The molecule has 134 valence electrons. The van der Waals surface area contributed by atoms with Gasteiger partial charge in [0.2, 0.25) is 11.8 Å². The number of hydrogen-bond acceptors (Lipinski definition) is 4. The SMILES string of the molecule is O=C1C2CN(Cc3n[nH]c4c3CCCC4)CC2C(=O)N1c1ccccc1. The van der Waals surface area contributed by atoms with Gasteiger partial charge < -0.3 is 0 Å². The van der Waals surface area contributed by atoms with Gasteiger partial charge in [-0.05, 0) is 43.4 Å². The zero-order chi connectivity index (χ0) is 17.7. The lowest BCUT2D eigenvalue weighted by Crippen LogP contribution is -2.36. The molecule has 1 aromatic heterocycles. The van der Waals surface area contributed by atoms with E-state index in [2.05, 4.69) is 15.1 Å². The van der Waals surface area contributed by atoms with Crippen molar-refractivity contribution >= 4 is 17.5 Å². The normalized spacial score (nSPS) is 25.6. The van der Waals surface area contributed by atoms with Crippen LogP contribution in [0.5, 0.6) is 0 Å². The number of fused-ring (bicyclic) bond motifs is 2. The maximum Gasteiger partial charge on any atom is 0.239 e. The van der Waals surface area contributed by atoms with Crippen molar-refractivity contribution in [2.24, 2.45) is 11.8 Å². The molecule has 6 nitrogen and oxygen atoms in total. The summed E-state index contributed by atoms with van der Waals surface area (Å²) in [7, 11) is 0. The van der Waals surface area contributed by atoms with E-state index in [1.807, 2.05) is 30.3 Å². The minimum absolute atomic E-state index is 0.0576. The van der Waals surface area contributed by atoms with Gasteiger partial charge in [0.1, 0.15) is 0 Å². The first-order chi connectivity index (χ1) is 12.7. The Morgan fingerprint density at radius 2 is 1.69 bits per heavy atom. The Balaban J connectivity index is 1.32. The van der Waals surface area contributed by atoms with Crippen molar-refractivity contribution in [1.29, 1.82) is 0 Å². The average Bonchev–Trinajstić information content (AvgIpc) is 3.33. The molecular weight excluding hydrogens is 328 g/mol. The Kier molecular flexibility index (Phi) is 3.67. The predicted octanol–water partition coefficient (Wildman–Crippen LogP) is 1.91. The van der Waals surface area contributed by atoms with E-state index in [4.69, 9.17) is 0 Å². The fraction of sp³-hybridized carbons (Fsp3) is 0.450. The molecule has 0 radical (unpaired) electrons. The molecule has 3 aliphatic rings. The summed E-state index contributed by atoms with van der Waals surface area (Å²) in [6.45, 7) is 2.01. The Labute approximate surface area is 152 Å². The number of aromatic amines is 1. The number of aryl methyl sites for hydroxylation is 1. The fourth-order valence-corrected chi connectivity index (χ4v) is 4.68. The highest BCUT2D eigenvalue weighted by molar-refractivity contribution is 6.22. The topological polar surface area (TPSA) is 69.3 Å². The third-order valence-corrected chi connectivity index (χ3v) is 6.00. The maximum atomic E-state index is 12.8. The molecule has 5 rings (SSSR count). The van der Waals surface area contributed by atoms with Gasteiger partial charge in [0.15, 0.2) is 0 Å². The molecule has 1 aliphatic carbocycles. The predicted molar refractivity (Wildman–Crippen MR) is 96.4 cm³/mol. The second-order valence-electron chi connectivity index (χ2n) is 7.59. The van der Waals surface area contributed by atoms with Gasteiger partial charge in [0.05, 0.1) is 23.2 Å². The molecule has 2 aliphatic heterocycles. The third-order valence-electron chi connectivity index (χ3n) is 6.00. The molecule has 0 bridgehead atoms. The van der Waals surface area contributed by atoms with E-state index in [9.17, 15) is 9.59 Å². The number of rotatable bonds is 3. The van der Waals surface area contributed by atoms with Gasteiger partial charge in [-0.25, -0.2) is 4.90 Å². The van der Waals surface area contributed by atoms with E-state index >= 15 is 0 Å². The second-order valence-corrected chi connectivity index (χ2v) is 7.59. The summed E-state index contributed by atoms with van der Waals surface area (Å²) in [4.78, 5) is 29.3. The van der Waals surface area contributed by atoms with Crippen molar-refractivity contribution in [3.8, 4) is 0 Å². The van der Waals surface area contributed by atoms with Gasteiger partial charge in [-0.3, -0.25) is 19.6 Å². The van der Waals surface area contributed by atoms with Crippen molar-refractivity contribution in [3.63, 3.8) is 0 Å². The lowest BCUT2D eigenvalue weighted by molar-refractivity contribution is -0.123. The fourth-order valence-electron chi connectivity index (χ4n) is 4.68. The third kappa shape index (κ3) is 2.40. The molecule has 3 heterocycles. The number of para-hydroxylation sites is 1. The first-order valence-corrected chi connectivity index (χ1v) is 9.42. The van der Waals surface area contributed by atoms with E-state index in [1.54, 1.807) is 0 Å². The van der Waals surface area contributed by atoms with Gasteiger partial charge in [-0.15, -0.1) is 0 Å². The molecule has 0 saturated carbocycles. The van der Waals surface area contributed by atoms with Crippen LogP contribution < -0.4 is 4.90 Å². The molecule has 2 unspecified atom stereocenters. The first-order valence-electron chi connectivity index (χ1n) is 9.42. The molecule has 2 fully saturated rings. The van der Waals surface area contributed by atoms with Gasteiger partial charge in [0, 0.05) is 25.3 Å². The minimum Gasteiger partial charge on any atom is -0.296 e. The van der Waals surface area contributed by atoms with Crippen molar-refractivity contribution in [2.45, 2.75) is 32.2 Å². The first kappa shape index (κ1) is 15.8. The summed E-state index contributed by atoms with van der Waals surface area (Å²) < 4.78 is 0. The molecule has 1 aromatic carbocycles. The van der Waals surface area contributed by atoms with Crippen LogP contribution in [0.3, 0.4) is 0 Å². The van der Waals surface area contributed by atoms with E-state index in [1.165, 1.54) is 29.0 Å². The molecule has 2 saturated heterocycles. The summed E-state index contributed by atoms with van der Waals surface area (Å²) in [6, 6.07) is 9.25.